The van der Waals surface area contributed by atoms with E-state index in [2.05, 4.69) is 5.32 Å². The number of rotatable bonds is 6. The fourth-order valence-electron chi connectivity index (χ4n) is 2.32. The first-order valence-corrected chi connectivity index (χ1v) is 7.37. The van der Waals surface area contributed by atoms with Crippen molar-refractivity contribution in [2.24, 2.45) is 5.92 Å². The molecule has 5 heteroatoms. The number of aliphatic hydroxyl groups is 1. The lowest BCUT2D eigenvalue weighted by Crippen LogP contribution is -2.30. The molecule has 2 N–H and O–H groups in total. The molecule has 0 aliphatic carbocycles. The van der Waals surface area contributed by atoms with Gasteiger partial charge in [-0.05, 0) is 30.0 Å². The van der Waals surface area contributed by atoms with Gasteiger partial charge in [0.05, 0.1) is 6.42 Å². The zero-order valence-electron chi connectivity index (χ0n) is 12.3. The van der Waals surface area contributed by atoms with Gasteiger partial charge in [0.25, 0.3) is 0 Å². The van der Waals surface area contributed by atoms with E-state index in [4.69, 9.17) is 5.11 Å². The van der Waals surface area contributed by atoms with Crippen molar-refractivity contribution >= 4 is 17.5 Å². The number of amides is 2. The van der Waals surface area contributed by atoms with Gasteiger partial charge >= 0.3 is 0 Å². The van der Waals surface area contributed by atoms with Crippen LogP contribution in [0, 0.1) is 5.92 Å². The molecule has 1 heterocycles. The largest absolute Gasteiger partial charge is 0.396 e. The maximum absolute atomic E-state index is 11.8. The van der Waals surface area contributed by atoms with E-state index >= 15 is 0 Å². The molecule has 0 aromatic heterocycles. The first-order valence-electron chi connectivity index (χ1n) is 7.37. The second-order valence-corrected chi connectivity index (χ2v) is 5.58. The van der Waals surface area contributed by atoms with Gasteiger partial charge in [0, 0.05) is 31.8 Å². The Balaban J connectivity index is 1.87. The lowest BCUT2D eigenvalue weighted by atomic mass is 10.1. The average Bonchev–Trinajstić information content (AvgIpc) is 2.91. The van der Waals surface area contributed by atoms with E-state index in [0.717, 1.165) is 24.2 Å². The molecule has 2 rings (SSSR count). The van der Waals surface area contributed by atoms with Crippen LogP contribution in [-0.2, 0) is 16.0 Å². The highest BCUT2D eigenvalue weighted by molar-refractivity contribution is 5.95. The number of carbonyl (C=O) groups is 2. The molecule has 1 aliphatic heterocycles. The molecular formula is C16H22N2O3. The molecule has 1 saturated heterocycles. The van der Waals surface area contributed by atoms with Crippen molar-refractivity contribution in [3.05, 3.63) is 29.8 Å². The number of aliphatic hydroxyl groups excluding tert-OH is 1. The smallest absolute Gasteiger partial charge is 0.227 e. The Morgan fingerprint density at radius 1 is 1.38 bits per heavy atom. The molecule has 114 valence electrons. The second kappa shape index (κ2) is 7.22. The number of benzene rings is 1. The van der Waals surface area contributed by atoms with Crippen molar-refractivity contribution in [2.45, 2.75) is 26.2 Å². The SMILES string of the molecule is CC(CO)CNC(=O)Cc1ccc(N2CCCC2=O)cc1. The molecule has 0 spiro atoms. The minimum atomic E-state index is -0.0553. The molecule has 1 atom stereocenters. The number of hydrogen-bond acceptors (Lipinski definition) is 3. The summed E-state index contributed by atoms with van der Waals surface area (Å²) < 4.78 is 0. The monoisotopic (exact) mass is 290 g/mol. The zero-order chi connectivity index (χ0) is 15.2. The van der Waals surface area contributed by atoms with E-state index in [1.807, 2.05) is 31.2 Å². The highest BCUT2D eigenvalue weighted by Gasteiger charge is 2.21. The quantitative estimate of drug-likeness (QED) is 0.824. The van der Waals surface area contributed by atoms with Gasteiger partial charge in [-0.25, -0.2) is 0 Å². The number of hydrogen-bond donors (Lipinski definition) is 2. The van der Waals surface area contributed by atoms with Crippen LogP contribution in [0.1, 0.15) is 25.3 Å². The first-order chi connectivity index (χ1) is 10.1. The summed E-state index contributed by atoms with van der Waals surface area (Å²) in [5, 5.41) is 11.7. The van der Waals surface area contributed by atoms with Gasteiger partial charge in [-0.3, -0.25) is 9.59 Å². The summed E-state index contributed by atoms with van der Waals surface area (Å²) in [6.07, 6.45) is 1.84. The molecule has 1 aromatic rings. The molecule has 5 nitrogen and oxygen atoms in total. The van der Waals surface area contributed by atoms with Crippen molar-refractivity contribution in [2.75, 3.05) is 24.6 Å². The Labute approximate surface area is 125 Å². The van der Waals surface area contributed by atoms with Crippen LogP contribution in [0.4, 0.5) is 5.69 Å². The fourth-order valence-corrected chi connectivity index (χ4v) is 2.32. The van der Waals surface area contributed by atoms with Gasteiger partial charge < -0.3 is 15.3 Å². The van der Waals surface area contributed by atoms with E-state index in [9.17, 15) is 9.59 Å². The van der Waals surface area contributed by atoms with Crippen LogP contribution >= 0.6 is 0 Å². The second-order valence-electron chi connectivity index (χ2n) is 5.58. The molecule has 1 unspecified atom stereocenters. The summed E-state index contributed by atoms with van der Waals surface area (Å²) in [5.74, 6) is 0.177. The van der Waals surface area contributed by atoms with Gasteiger partial charge in [-0.15, -0.1) is 0 Å². The third-order valence-corrected chi connectivity index (χ3v) is 3.65. The molecule has 0 saturated carbocycles. The Kier molecular flexibility index (Phi) is 5.33. The highest BCUT2D eigenvalue weighted by Crippen LogP contribution is 2.21. The number of anilines is 1. The number of carbonyl (C=O) groups excluding carboxylic acids is 2. The maximum atomic E-state index is 11.8. The van der Waals surface area contributed by atoms with Crippen LogP contribution in [0.25, 0.3) is 0 Å². The normalized spacial score (nSPS) is 16.1. The van der Waals surface area contributed by atoms with Crippen LogP contribution in [-0.4, -0.2) is 36.6 Å². The topological polar surface area (TPSA) is 69.6 Å². The van der Waals surface area contributed by atoms with Crippen LogP contribution in [0.15, 0.2) is 24.3 Å². The number of nitrogens with zero attached hydrogens (tertiary/aromatic N) is 1. The first kappa shape index (κ1) is 15.5. The molecule has 1 aromatic carbocycles. The van der Waals surface area contributed by atoms with E-state index in [1.54, 1.807) is 4.90 Å². The van der Waals surface area contributed by atoms with Gasteiger partial charge in [-0.2, -0.15) is 0 Å². The Morgan fingerprint density at radius 3 is 2.67 bits per heavy atom. The van der Waals surface area contributed by atoms with Crippen LogP contribution in [0.3, 0.4) is 0 Å². The van der Waals surface area contributed by atoms with E-state index < -0.39 is 0 Å². The summed E-state index contributed by atoms with van der Waals surface area (Å²) in [6.45, 7) is 3.20. The van der Waals surface area contributed by atoms with Gasteiger partial charge in [0.2, 0.25) is 11.8 Å². The van der Waals surface area contributed by atoms with E-state index in [1.165, 1.54) is 0 Å². The Morgan fingerprint density at radius 2 is 2.10 bits per heavy atom. The Hall–Kier alpha value is -1.88. The lowest BCUT2D eigenvalue weighted by molar-refractivity contribution is -0.120. The van der Waals surface area contributed by atoms with Crippen molar-refractivity contribution in [1.82, 2.24) is 5.32 Å². The third-order valence-electron chi connectivity index (χ3n) is 3.65. The zero-order valence-corrected chi connectivity index (χ0v) is 12.3. The summed E-state index contributed by atoms with van der Waals surface area (Å²) >= 11 is 0. The van der Waals surface area contributed by atoms with Gasteiger partial charge in [-0.1, -0.05) is 19.1 Å². The Bertz CT molecular complexity index is 499. The van der Waals surface area contributed by atoms with E-state index in [0.29, 0.717) is 19.4 Å². The lowest BCUT2D eigenvalue weighted by Gasteiger charge is -2.16. The predicted octanol–water partition coefficient (Wildman–Crippen LogP) is 1.10. The van der Waals surface area contributed by atoms with Crippen molar-refractivity contribution in [1.29, 1.82) is 0 Å². The van der Waals surface area contributed by atoms with Crippen molar-refractivity contribution in [3.8, 4) is 0 Å². The fraction of sp³-hybridized carbons (Fsp3) is 0.500. The molecule has 21 heavy (non-hydrogen) atoms. The number of nitrogens with one attached hydrogen (secondary N) is 1. The van der Waals surface area contributed by atoms with Crippen LogP contribution in [0.2, 0.25) is 0 Å². The molecular weight excluding hydrogens is 268 g/mol. The van der Waals surface area contributed by atoms with Gasteiger partial charge in [0.15, 0.2) is 0 Å². The minimum Gasteiger partial charge on any atom is -0.396 e. The predicted molar refractivity (Wildman–Crippen MR) is 81.0 cm³/mol. The maximum Gasteiger partial charge on any atom is 0.227 e. The standard InChI is InChI=1S/C16H22N2O3/c1-12(11-19)10-17-15(20)9-13-4-6-14(7-5-13)18-8-2-3-16(18)21/h4-7,12,19H,2-3,8-11H2,1H3,(H,17,20). The summed E-state index contributed by atoms with van der Waals surface area (Å²) in [7, 11) is 0. The molecule has 0 radical (unpaired) electrons. The van der Waals surface area contributed by atoms with Crippen molar-refractivity contribution < 1.29 is 14.7 Å². The summed E-state index contributed by atoms with van der Waals surface area (Å²) in [6, 6.07) is 7.55. The van der Waals surface area contributed by atoms with E-state index in [-0.39, 0.29) is 24.3 Å². The van der Waals surface area contributed by atoms with Crippen molar-refractivity contribution in [3.63, 3.8) is 0 Å². The van der Waals surface area contributed by atoms with Crippen LogP contribution in [0.5, 0.6) is 0 Å². The van der Waals surface area contributed by atoms with Gasteiger partial charge in [0.1, 0.15) is 0 Å². The molecule has 0 bridgehead atoms. The summed E-state index contributed by atoms with van der Waals surface area (Å²) in [4.78, 5) is 25.2. The molecule has 1 fully saturated rings. The van der Waals surface area contributed by atoms with Crippen LogP contribution < -0.4 is 10.2 Å². The highest BCUT2D eigenvalue weighted by atomic mass is 16.3. The third kappa shape index (κ3) is 4.29. The minimum absolute atomic E-state index is 0.0553. The molecule has 1 aliphatic rings. The average molecular weight is 290 g/mol. The summed E-state index contributed by atoms with van der Waals surface area (Å²) in [5.41, 5.74) is 1.81. The molecule has 2 amide bonds.